The van der Waals surface area contributed by atoms with Crippen LogP contribution < -0.4 is 26.2 Å². The molecule has 0 saturated heterocycles. The first-order valence-electron chi connectivity index (χ1n) is 25.8. The van der Waals surface area contributed by atoms with Crippen LogP contribution in [0.15, 0.2) is 188 Å². The van der Waals surface area contributed by atoms with Crippen molar-refractivity contribution in [1.29, 1.82) is 0 Å². The number of hydrogen-bond donors (Lipinski definition) is 0. The van der Waals surface area contributed by atoms with E-state index in [1.165, 1.54) is 105 Å². The first-order chi connectivity index (χ1) is 34.5. The van der Waals surface area contributed by atoms with E-state index in [0.717, 1.165) is 22.7 Å². The van der Waals surface area contributed by atoms with Gasteiger partial charge in [0.25, 0.3) is 6.71 Å². The van der Waals surface area contributed by atoms with Gasteiger partial charge in [-0.25, -0.2) is 0 Å². The fourth-order valence-electron chi connectivity index (χ4n) is 12.0. The number of hydrogen-bond acceptors (Lipinski definition) is 2. The van der Waals surface area contributed by atoms with Crippen molar-refractivity contribution in [2.24, 2.45) is 0 Å². The maximum atomic E-state index is 2.52. The maximum Gasteiger partial charge on any atom is 0.252 e. The molecular formula is C66H59BN4. The first-order valence-corrected chi connectivity index (χ1v) is 25.8. The number of benzene rings is 9. The number of anilines is 6. The Balaban J connectivity index is 1.07. The van der Waals surface area contributed by atoms with Crippen LogP contribution in [0.5, 0.6) is 0 Å². The molecule has 11 aromatic rings. The van der Waals surface area contributed by atoms with Gasteiger partial charge in [0.1, 0.15) is 0 Å². The van der Waals surface area contributed by atoms with Crippen molar-refractivity contribution in [1.82, 2.24) is 9.13 Å². The summed E-state index contributed by atoms with van der Waals surface area (Å²) in [7, 11) is 0. The molecular weight excluding hydrogens is 860 g/mol. The summed E-state index contributed by atoms with van der Waals surface area (Å²) in [6.07, 6.45) is 0. The molecule has 71 heavy (non-hydrogen) atoms. The van der Waals surface area contributed by atoms with E-state index in [1.807, 2.05) is 0 Å². The molecule has 0 fully saturated rings. The summed E-state index contributed by atoms with van der Waals surface area (Å²) in [6.45, 7) is 18.3. The Morgan fingerprint density at radius 3 is 0.958 bits per heavy atom. The molecule has 2 aromatic heterocycles. The normalized spacial score (nSPS) is 13.2. The van der Waals surface area contributed by atoms with Crippen LogP contribution in [0.4, 0.5) is 34.1 Å². The van der Waals surface area contributed by atoms with E-state index >= 15 is 0 Å². The van der Waals surface area contributed by atoms with Crippen molar-refractivity contribution in [2.45, 2.75) is 79.1 Å². The molecule has 0 radical (unpaired) electrons. The van der Waals surface area contributed by atoms with Crippen LogP contribution in [-0.4, -0.2) is 15.8 Å². The summed E-state index contributed by atoms with van der Waals surface area (Å²) in [6, 6.07) is 72.0. The summed E-state index contributed by atoms with van der Waals surface area (Å²) in [5.74, 6) is 1.74. The van der Waals surface area contributed by atoms with Gasteiger partial charge in [0.2, 0.25) is 0 Å². The highest BCUT2D eigenvalue weighted by Crippen LogP contribution is 2.46. The fraction of sp³-hybridized carbons (Fsp3) is 0.182. The van der Waals surface area contributed by atoms with Gasteiger partial charge in [-0.2, -0.15) is 0 Å². The lowest BCUT2D eigenvalue weighted by Crippen LogP contribution is -2.61. The summed E-state index contributed by atoms with van der Waals surface area (Å²) in [5, 5.41) is 5.23. The lowest BCUT2D eigenvalue weighted by Gasteiger charge is -2.44. The number of fused-ring (bicyclic) bond motifs is 10. The van der Waals surface area contributed by atoms with Crippen LogP contribution in [0.1, 0.15) is 101 Å². The van der Waals surface area contributed by atoms with E-state index < -0.39 is 0 Å². The van der Waals surface area contributed by atoms with Gasteiger partial charge in [-0.15, -0.1) is 0 Å². The molecule has 0 spiro atoms. The molecule has 0 amide bonds. The molecule has 0 N–H and O–H groups in total. The summed E-state index contributed by atoms with van der Waals surface area (Å²) >= 11 is 0. The third-order valence-electron chi connectivity index (χ3n) is 15.8. The largest absolute Gasteiger partial charge is 0.311 e. The summed E-state index contributed by atoms with van der Waals surface area (Å²) < 4.78 is 5.01. The molecule has 0 unspecified atom stereocenters. The van der Waals surface area contributed by atoms with E-state index in [-0.39, 0.29) is 6.71 Å². The Morgan fingerprint density at radius 2 is 0.634 bits per heavy atom. The number of aromatic nitrogens is 2. The SMILES string of the molecule is CC(C)c1ccc2c(c1)c1cc(C(C)C)ccc1n2-c1ccc2c(c1)N(c1ccccc1)c1cccc3c1B2c1ccc(-n2c4ccc(C(C)C)cc4c4cc(C(C)C)ccc42)cc1N3c1ccccc1. The van der Waals surface area contributed by atoms with E-state index in [0.29, 0.717) is 23.7 Å². The van der Waals surface area contributed by atoms with Crippen LogP contribution in [0.3, 0.4) is 0 Å². The van der Waals surface area contributed by atoms with Crippen LogP contribution in [0, 0.1) is 0 Å². The standard InChI is InChI=1S/C66H59BN4/c1-40(2)44-22-30-58-52(34-44)53-35-45(41(3)4)23-31-59(53)70(58)50-26-28-56-64(38-50)68(48-16-11-9-12-17-48)62-20-15-21-63-66(62)67(56)57-29-27-51(39-65(57)69(63)49-18-13-10-14-19-49)71-60-32-24-46(42(5)6)36-54(60)55-37-47(43(7)8)25-33-61(55)71/h9-43H,1-8H3. The van der Waals surface area contributed by atoms with Crippen molar-refractivity contribution in [3.05, 3.63) is 210 Å². The highest BCUT2D eigenvalue weighted by molar-refractivity contribution is 7.00. The summed E-state index contributed by atoms with van der Waals surface area (Å²) in [4.78, 5) is 5.04. The second-order valence-electron chi connectivity index (χ2n) is 21.4. The predicted molar refractivity (Wildman–Crippen MR) is 305 cm³/mol. The Labute approximate surface area is 418 Å². The lowest BCUT2D eigenvalue weighted by atomic mass is 9.33. The van der Waals surface area contributed by atoms with Gasteiger partial charge in [0.15, 0.2) is 0 Å². The highest BCUT2D eigenvalue weighted by atomic mass is 15.2. The molecule has 2 aliphatic heterocycles. The van der Waals surface area contributed by atoms with E-state index in [1.54, 1.807) is 0 Å². The zero-order valence-corrected chi connectivity index (χ0v) is 42.1. The van der Waals surface area contributed by atoms with Gasteiger partial charge in [-0.05, 0) is 172 Å². The van der Waals surface area contributed by atoms with Crippen LogP contribution >= 0.6 is 0 Å². The maximum absolute atomic E-state index is 2.52. The smallest absolute Gasteiger partial charge is 0.252 e. The molecule has 5 heteroatoms. The van der Waals surface area contributed by atoms with Gasteiger partial charge >= 0.3 is 0 Å². The van der Waals surface area contributed by atoms with Crippen LogP contribution in [0.2, 0.25) is 0 Å². The molecule has 0 atom stereocenters. The molecule has 0 saturated carbocycles. The monoisotopic (exact) mass is 918 g/mol. The minimum atomic E-state index is -0.0186. The molecule has 0 bridgehead atoms. The fourth-order valence-corrected chi connectivity index (χ4v) is 12.0. The highest BCUT2D eigenvalue weighted by Gasteiger charge is 2.43. The average Bonchev–Trinajstić information content (AvgIpc) is 3.90. The quantitative estimate of drug-likeness (QED) is 0.141. The molecule has 4 nitrogen and oxygen atoms in total. The third-order valence-corrected chi connectivity index (χ3v) is 15.8. The molecule has 4 heterocycles. The third kappa shape index (κ3) is 6.66. The molecule has 9 aromatic carbocycles. The van der Waals surface area contributed by atoms with E-state index in [2.05, 4.69) is 262 Å². The van der Waals surface area contributed by atoms with Gasteiger partial charge in [0, 0.05) is 67.0 Å². The van der Waals surface area contributed by atoms with Crippen LogP contribution in [0.25, 0.3) is 55.0 Å². The second-order valence-corrected chi connectivity index (χ2v) is 21.4. The Morgan fingerprint density at radius 1 is 0.296 bits per heavy atom. The van der Waals surface area contributed by atoms with Gasteiger partial charge in [0.05, 0.1) is 22.1 Å². The van der Waals surface area contributed by atoms with Gasteiger partial charge in [-0.1, -0.05) is 134 Å². The van der Waals surface area contributed by atoms with Crippen molar-refractivity contribution < 1.29 is 0 Å². The Bertz CT molecular complexity index is 3530. The molecule has 346 valence electrons. The predicted octanol–water partition coefficient (Wildman–Crippen LogP) is 16.5. The number of nitrogens with zero attached hydrogens (tertiary/aromatic N) is 4. The minimum Gasteiger partial charge on any atom is -0.311 e. The zero-order valence-electron chi connectivity index (χ0n) is 42.1. The Kier molecular flexibility index (Phi) is 10.0. The first kappa shape index (κ1) is 43.3. The van der Waals surface area contributed by atoms with Crippen LogP contribution in [-0.2, 0) is 0 Å². The number of para-hydroxylation sites is 2. The summed E-state index contributed by atoms with van der Waals surface area (Å²) in [5.41, 5.74) is 23.7. The number of rotatable bonds is 8. The Hall–Kier alpha value is -7.76. The topological polar surface area (TPSA) is 16.3 Å². The van der Waals surface area contributed by atoms with Gasteiger partial charge < -0.3 is 18.9 Å². The lowest BCUT2D eigenvalue weighted by molar-refractivity contribution is 0.868. The van der Waals surface area contributed by atoms with Crippen molar-refractivity contribution in [2.75, 3.05) is 9.80 Å². The molecule has 0 aliphatic carbocycles. The second kappa shape index (κ2) is 16.4. The minimum absolute atomic E-state index is 0.0186. The van der Waals surface area contributed by atoms with E-state index in [4.69, 9.17) is 0 Å². The zero-order chi connectivity index (χ0) is 48.4. The van der Waals surface area contributed by atoms with Crippen molar-refractivity contribution >= 4 is 101 Å². The average molecular weight is 919 g/mol. The van der Waals surface area contributed by atoms with Gasteiger partial charge in [-0.3, -0.25) is 0 Å². The molecule has 2 aliphatic rings. The molecule has 13 rings (SSSR count). The van der Waals surface area contributed by atoms with E-state index in [9.17, 15) is 0 Å². The van der Waals surface area contributed by atoms with Crippen molar-refractivity contribution in [3.8, 4) is 11.4 Å². The van der Waals surface area contributed by atoms with Crippen molar-refractivity contribution in [3.63, 3.8) is 0 Å².